The number of carbonyl (C=O) groups excluding carboxylic acids is 1. The van der Waals surface area contributed by atoms with Crippen LogP contribution in [0.3, 0.4) is 0 Å². The van der Waals surface area contributed by atoms with Crippen molar-refractivity contribution in [2.45, 2.75) is 32.7 Å². The van der Waals surface area contributed by atoms with Crippen molar-refractivity contribution in [2.75, 3.05) is 31.6 Å². The van der Waals surface area contributed by atoms with Gasteiger partial charge in [0.1, 0.15) is 5.82 Å². The van der Waals surface area contributed by atoms with E-state index in [-0.39, 0.29) is 5.82 Å². The molecule has 1 fully saturated rings. The Balaban J connectivity index is 2.02. The third kappa shape index (κ3) is 4.39. The van der Waals surface area contributed by atoms with Crippen LogP contribution in [0.5, 0.6) is 0 Å². The first-order valence-corrected chi connectivity index (χ1v) is 7.50. The van der Waals surface area contributed by atoms with Crippen molar-refractivity contribution in [3.05, 3.63) is 18.1 Å². The van der Waals surface area contributed by atoms with E-state index in [9.17, 15) is 4.79 Å². The second-order valence-electron chi connectivity index (χ2n) is 5.75. The minimum Gasteiger partial charge on any atom is -0.463 e. The number of ether oxygens (including phenoxy) is 1. The quantitative estimate of drug-likeness (QED) is 0.829. The number of piperidine rings is 1. The molecule has 6 nitrogen and oxygen atoms in total. The summed E-state index contributed by atoms with van der Waals surface area (Å²) in [6, 6.07) is 2.36. The zero-order chi connectivity index (χ0) is 15.2. The molecule has 0 saturated carbocycles. The lowest BCUT2D eigenvalue weighted by Gasteiger charge is -2.34. The van der Waals surface area contributed by atoms with Crippen LogP contribution in [0.1, 0.15) is 37.3 Å². The Hall–Kier alpha value is -1.69. The fourth-order valence-corrected chi connectivity index (χ4v) is 2.56. The highest BCUT2D eigenvalue weighted by atomic mass is 16.5. The van der Waals surface area contributed by atoms with Crippen LogP contribution in [0.4, 0.5) is 5.82 Å². The minimum atomic E-state index is -0.494. The molecule has 1 atom stereocenters. The van der Waals surface area contributed by atoms with Gasteiger partial charge >= 0.3 is 5.97 Å². The van der Waals surface area contributed by atoms with Gasteiger partial charge in [-0.2, -0.15) is 0 Å². The van der Waals surface area contributed by atoms with Gasteiger partial charge in [0.05, 0.1) is 7.11 Å². The summed E-state index contributed by atoms with van der Waals surface area (Å²) < 4.78 is 4.67. The summed E-state index contributed by atoms with van der Waals surface area (Å²) in [5, 5.41) is 3.49. The average molecular weight is 292 g/mol. The number of esters is 1. The molecule has 0 aromatic carbocycles. The maximum Gasteiger partial charge on any atom is 0.376 e. The molecular formula is C15H24N4O2. The number of methoxy groups -OCH3 is 1. The summed E-state index contributed by atoms with van der Waals surface area (Å²) in [6.07, 6.45) is 3.98. The normalized spacial score (nSPS) is 18.9. The molecule has 0 bridgehead atoms. The summed E-state index contributed by atoms with van der Waals surface area (Å²) >= 11 is 0. The average Bonchev–Trinajstić information content (AvgIpc) is 2.52. The predicted octanol–water partition coefficient (Wildman–Crippen LogP) is 1.48. The number of aromatic nitrogens is 2. The SMILES string of the molecule is COC(=O)c1nccc(N2CCCC(CNC(C)C)C2)n1. The van der Waals surface area contributed by atoms with Crippen molar-refractivity contribution in [3.63, 3.8) is 0 Å². The van der Waals surface area contributed by atoms with E-state index >= 15 is 0 Å². The highest BCUT2D eigenvalue weighted by Crippen LogP contribution is 2.21. The van der Waals surface area contributed by atoms with Crippen LogP contribution < -0.4 is 10.2 Å². The molecule has 116 valence electrons. The fourth-order valence-electron chi connectivity index (χ4n) is 2.56. The van der Waals surface area contributed by atoms with Gasteiger partial charge in [0.15, 0.2) is 0 Å². The number of rotatable bonds is 5. The van der Waals surface area contributed by atoms with Crippen molar-refractivity contribution in [3.8, 4) is 0 Å². The molecule has 1 aromatic rings. The molecule has 0 amide bonds. The third-order valence-corrected chi connectivity index (χ3v) is 3.67. The molecule has 0 aliphatic carbocycles. The highest BCUT2D eigenvalue weighted by Gasteiger charge is 2.22. The second-order valence-corrected chi connectivity index (χ2v) is 5.75. The van der Waals surface area contributed by atoms with Gasteiger partial charge < -0.3 is 15.0 Å². The van der Waals surface area contributed by atoms with Crippen LogP contribution in [-0.2, 0) is 4.74 Å². The van der Waals surface area contributed by atoms with Crippen LogP contribution in [0.2, 0.25) is 0 Å². The molecule has 1 N–H and O–H groups in total. The number of hydrogen-bond acceptors (Lipinski definition) is 6. The van der Waals surface area contributed by atoms with E-state index < -0.39 is 5.97 Å². The lowest BCUT2D eigenvalue weighted by molar-refractivity contribution is 0.0586. The Bertz CT molecular complexity index is 478. The standard InChI is InChI=1S/C15H24N4O2/c1-11(2)17-9-12-5-4-8-19(10-12)13-6-7-16-14(18-13)15(20)21-3/h6-7,11-12,17H,4-5,8-10H2,1-3H3. The lowest BCUT2D eigenvalue weighted by atomic mass is 9.98. The third-order valence-electron chi connectivity index (χ3n) is 3.67. The second kappa shape index (κ2) is 7.36. The molecule has 1 aliphatic rings. The van der Waals surface area contributed by atoms with Crippen molar-refractivity contribution in [2.24, 2.45) is 5.92 Å². The number of anilines is 1. The first kappa shape index (κ1) is 15.7. The van der Waals surface area contributed by atoms with Gasteiger partial charge in [-0.3, -0.25) is 0 Å². The van der Waals surface area contributed by atoms with Crippen molar-refractivity contribution >= 4 is 11.8 Å². The summed E-state index contributed by atoms with van der Waals surface area (Å²) in [5.74, 6) is 1.04. The Morgan fingerprint density at radius 3 is 3.10 bits per heavy atom. The Morgan fingerprint density at radius 1 is 1.57 bits per heavy atom. The van der Waals surface area contributed by atoms with Crippen molar-refractivity contribution in [1.82, 2.24) is 15.3 Å². The van der Waals surface area contributed by atoms with Gasteiger partial charge in [0, 0.05) is 25.3 Å². The molecule has 1 unspecified atom stereocenters. The maximum absolute atomic E-state index is 11.5. The van der Waals surface area contributed by atoms with E-state index in [1.54, 1.807) is 6.20 Å². The lowest BCUT2D eigenvalue weighted by Crippen LogP contribution is -2.41. The van der Waals surface area contributed by atoms with Crippen LogP contribution in [-0.4, -0.2) is 48.7 Å². The van der Waals surface area contributed by atoms with Gasteiger partial charge in [0.2, 0.25) is 5.82 Å². The molecule has 1 aromatic heterocycles. The van der Waals surface area contributed by atoms with Crippen molar-refractivity contribution < 1.29 is 9.53 Å². The summed E-state index contributed by atoms with van der Waals surface area (Å²) in [6.45, 7) is 7.26. The van der Waals surface area contributed by atoms with Gasteiger partial charge in [-0.15, -0.1) is 0 Å². The topological polar surface area (TPSA) is 67.3 Å². The van der Waals surface area contributed by atoms with E-state index in [2.05, 4.69) is 38.8 Å². The van der Waals surface area contributed by atoms with Gasteiger partial charge in [0.25, 0.3) is 0 Å². The van der Waals surface area contributed by atoms with Gasteiger partial charge in [-0.05, 0) is 31.4 Å². The molecule has 2 rings (SSSR count). The van der Waals surface area contributed by atoms with Gasteiger partial charge in [-0.25, -0.2) is 14.8 Å². The van der Waals surface area contributed by atoms with Crippen LogP contribution in [0, 0.1) is 5.92 Å². The summed E-state index contributed by atoms with van der Waals surface area (Å²) in [7, 11) is 1.34. The molecule has 1 aliphatic heterocycles. The van der Waals surface area contributed by atoms with E-state index in [4.69, 9.17) is 0 Å². The number of hydrogen-bond donors (Lipinski definition) is 1. The minimum absolute atomic E-state index is 0.123. The van der Waals surface area contributed by atoms with Crippen LogP contribution >= 0.6 is 0 Å². The molecular weight excluding hydrogens is 268 g/mol. The monoisotopic (exact) mass is 292 g/mol. The van der Waals surface area contributed by atoms with E-state index in [0.29, 0.717) is 12.0 Å². The molecule has 1 saturated heterocycles. The molecule has 6 heteroatoms. The van der Waals surface area contributed by atoms with Gasteiger partial charge in [-0.1, -0.05) is 13.8 Å². The zero-order valence-electron chi connectivity index (χ0n) is 13.0. The first-order valence-electron chi connectivity index (χ1n) is 7.50. The molecule has 21 heavy (non-hydrogen) atoms. The highest BCUT2D eigenvalue weighted by molar-refractivity contribution is 5.85. The smallest absolute Gasteiger partial charge is 0.376 e. The Kier molecular flexibility index (Phi) is 5.50. The number of nitrogens with one attached hydrogen (secondary N) is 1. The Labute approximate surface area is 125 Å². The summed E-state index contributed by atoms with van der Waals surface area (Å²) in [4.78, 5) is 22.0. The number of carbonyl (C=O) groups is 1. The van der Waals surface area contributed by atoms with Crippen LogP contribution in [0.15, 0.2) is 12.3 Å². The largest absolute Gasteiger partial charge is 0.463 e. The number of nitrogens with zero attached hydrogens (tertiary/aromatic N) is 3. The maximum atomic E-state index is 11.5. The van der Waals surface area contributed by atoms with E-state index in [1.807, 2.05) is 6.07 Å². The molecule has 0 spiro atoms. The summed E-state index contributed by atoms with van der Waals surface area (Å²) in [5.41, 5.74) is 0. The van der Waals surface area contributed by atoms with E-state index in [1.165, 1.54) is 13.5 Å². The van der Waals surface area contributed by atoms with Crippen molar-refractivity contribution in [1.29, 1.82) is 0 Å². The first-order chi connectivity index (χ1) is 10.1. The van der Waals surface area contributed by atoms with E-state index in [0.717, 1.165) is 31.9 Å². The predicted molar refractivity (Wildman–Crippen MR) is 81.4 cm³/mol. The fraction of sp³-hybridized carbons (Fsp3) is 0.667. The Morgan fingerprint density at radius 2 is 2.38 bits per heavy atom. The molecule has 2 heterocycles. The van der Waals surface area contributed by atoms with Crippen LogP contribution in [0.25, 0.3) is 0 Å². The zero-order valence-corrected chi connectivity index (χ0v) is 13.0. The molecule has 0 radical (unpaired) electrons.